The maximum absolute atomic E-state index is 12.9. The van der Waals surface area contributed by atoms with Gasteiger partial charge in [-0.05, 0) is 66.4 Å². The lowest BCUT2D eigenvalue weighted by Gasteiger charge is -2.27. The minimum absolute atomic E-state index is 0.114. The van der Waals surface area contributed by atoms with E-state index in [1.165, 1.54) is 28.0 Å². The zero-order valence-electron chi connectivity index (χ0n) is 24.8. The summed E-state index contributed by atoms with van der Waals surface area (Å²) in [7, 11) is -2.02. The van der Waals surface area contributed by atoms with Crippen molar-refractivity contribution in [3.05, 3.63) is 149 Å². The van der Waals surface area contributed by atoms with Crippen molar-refractivity contribution >= 4 is 63.8 Å². The van der Waals surface area contributed by atoms with E-state index in [-0.39, 0.29) is 17.9 Å². The standard InChI is InChI=1S/C37H31Cl2NO5P/c38-37(39)36(42)28-21-19-27(20-22-28)29-23-24-34(33(26-29)40(43)44)45-35(41)18-10-11-25-46(30-12-4-1-5-13-30,31-14-6-2-7-15-31)32-16-8-3-9-17-32/h1-9,12-17,19-24,26,37H,10-11,18,25H2/q+1. The molecule has 0 aliphatic rings. The van der Waals surface area contributed by atoms with Crippen LogP contribution >= 0.6 is 30.5 Å². The van der Waals surface area contributed by atoms with Crippen LogP contribution in [-0.4, -0.2) is 27.7 Å². The van der Waals surface area contributed by atoms with Crippen LogP contribution in [0, 0.1) is 10.1 Å². The third-order valence-corrected chi connectivity index (χ3v) is 12.7. The van der Waals surface area contributed by atoms with Crippen molar-refractivity contribution in [3.8, 4) is 16.9 Å². The second-order valence-corrected chi connectivity index (χ2v) is 15.4. The minimum atomic E-state index is -2.02. The van der Waals surface area contributed by atoms with Gasteiger partial charge in [0.2, 0.25) is 5.75 Å². The normalized spacial score (nSPS) is 11.3. The van der Waals surface area contributed by atoms with Crippen LogP contribution in [0.4, 0.5) is 5.69 Å². The fraction of sp³-hybridized carbons (Fsp3) is 0.135. The first kappa shape index (κ1) is 33.0. The average Bonchev–Trinajstić information content (AvgIpc) is 3.09. The van der Waals surface area contributed by atoms with Crippen molar-refractivity contribution in [2.45, 2.75) is 24.1 Å². The van der Waals surface area contributed by atoms with E-state index in [0.717, 1.165) is 12.6 Å². The summed E-state index contributed by atoms with van der Waals surface area (Å²) in [5.41, 5.74) is 1.17. The number of ketones is 1. The second kappa shape index (κ2) is 15.3. The largest absolute Gasteiger partial charge is 0.419 e. The fourth-order valence-corrected chi connectivity index (χ4v) is 10.2. The number of nitro groups is 1. The molecule has 232 valence electrons. The number of benzene rings is 5. The highest BCUT2D eigenvalue weighted by Gasteiger charge is 2.44. The Hall–Kier alpha value is -4.35. The summed E-state index contributed by atoms with van der Waals surface area (Å²) in [6.07, 6.45) is 2.30. The monoisotopic (exact) mass is 670 g/mol. The van der Waals surface area contributed by atoms with Crippen molar-refractivity contribution in [1.82, 2.24) is 0 Å². The van der Waals surface area contributed by atoms with Gasteiger partial charge in [-0.15, -0.1) is 0 Å². The van der Waals surface area contributed by atoms with Crippen molar-refractivity contribution in [3.63, 3.8) is 0 Å². The summed E-state index contributed by atoms with van der Waals surface area (Å²) < 4.78 is 5.52. The van der Waals surface area contributed by atoms with Gasteiger partial charge in [-0.3, -0.25) is 19.7 Å². The van der Waals surface area contributed by atoms with Gasteiger partial charge in [-0.2, -0.15) is 0 Å². The Labute approximate surface area is 278 Å². The second-order valence-electron chi connectivity index (χ2n) is 10.7. The summed E-state index contributed by atoms with van der Waals surface area (Å²) in [6.45, 7) is 0. The lowest BCUT2D eigenvalue weighted by molar-refractivity contribution is -0.385. The first-order valence-electron chi connectivity index (χ1n) is 14.8. The molecular formula is C37H31Cl2NO5P+. The summed E-state index contributed by atoms with van der Waals surface area (Å²) in [5.74, 6) is -1.08. The molecule has 9 heteroatoms. The van der Waals surface area contributed by atoms with Crippen LogP contribution in [0.3, 0.4) is 0 Å². The third kappa shape index (κ3) is 7.54. The van der Waals surface area contributed by atoms with Gasteiger partial charge in [0.15, 0.2) is 10.6 Å². The van der Waals surface area contributed by atoms with Crippen LogP contribution in [0.2, 0.25) is 0 Å². The van der Waals surface area contributed by atoms with E-state index in [2.05, 4.69) is 72.8 Å². The molecule has 0 fully saturated rings. The van der Waals surface area contributed by atoms with Gasteiger partial charge in [-0.1, -0.05) is 108 Å². The fourth-order valence-electron chi connectivity index (χ4n) is 5.55. The van der Waals surface area contributed by atoms with Crippen molar-refractivity contribution in [2.75, 3.05) is 6.16 Å². The Bertz CT molecular complexity index is 1700. The molecule has 5 aromatic rings. The lowest BCUT2D eigenvalue weighted by atomic mass is 10.0. The van der Waals surface area contributed by atoms with Gasteiger partial charge in [-0.25, -0.2) is 0 Å². The highest BCUT2D eigenvalue weighted by atomic mass is 35.5. The molecule has 0 spiro atoms. The highest BCUT2D eigenvalue weighted by Crippen LogP contribution is 2.56. The molecule has 5 aromatic carbocycles. The number of ether oxygens (including phenoxy) is 1. The molecule has 0 saturated heterocycles. The summed E-state index contributed by atoms with van der Waals surface area (Å²) >= 11 is 11.3. The number of hydrogen-bond donors (Lipinski definition) is 0. The third-order valence-electron chi connectivity index (χ3n) is 7.80. The molecule has 0 saturated carbocycles. The molecule has 5 rings (SSSR count). The molecule has 0 heterocycles. The first-order chi connectivity index (χ1) is 22.3. The van der Waals surface area contributed by atoms with Crippen LogP contribution in [0.5, 0.6) is 5.75 Å². The molecule has 0 aliphatic heterocycles. The van der Waals surface area contributed by atoms with Crippen LogP contribution in [0.1, 0.15) is 29.6 Å². The first-order valence-corrected chi connectivity index (χ1v) is 17.6. The molecule has 0 aromatic heterocycles. The number of rotatable bonds is 13. The van der Waals surface area contributed by atoms with Crippen molar-refractivity contribution < 1.29 is 19.2 Å². The lowest BCUT2D eigenvalue weighted by Crippen LogP contribution is -2.33. The van der Waals surface area contributed by atoms with Crippen LogP contribution in [-0.2, 0) is 4.79 Å². The number of nitrogens with zero attached hydrogens (tertiary/aromatic N) is 1. The Kier molecular flexibility index (Phi) is 11.0. The average molecular weight is 672 g/mol. The maximum Gasteiger partial charge on any atom is 0.312 e. The van der Waals surface area contributed by atoms with Gasteiger partial charge in [0.05, 0.1) is 11.1 Å². The number of unbranched alkanes of at least 4 members (excludes halogenated alkanes) is 1. The Morgan fingerprint density at radius 1 is 0.696 bits per heavy atom. The highest BCUT2D eigenvalue weighted by molar-refractivity contribution is 7.95. The Balaban J connectivity index is 1.30. The number of Topliss-reactive ketones (excluding diaryl/α,β-unsaturated/α-hetero) is 1. The van der Waals surface area contributed by atoms with Crippen molar-refractivity contribution in [1.29, 1.82) is 0 Å². The molecular weight excluding hydrogens is 640 g/mol. The number of esters is 1. The Morgan fingerprint density at radius 2 is 1.20 bits per heavy atom. The van der Waals surface area contributed by atoms with Crippen molar-refractivity contribution in [2.24, 2.45) is 0 Å². The smallest absolute Gasteiger partial charge is 0.312 e. The van der Waals surface area contributed by atoms with E-state index in [9.17, 15) is 19.7 Å². The summed E-state index contributed by atoms with van der Waals surface area (Å²) in [5, 5.41) is 15.7. The maximum atomic E-state index is 12.9. The van der Waals surface area contributed by atoms with Gasteiger partial charge >= 0.3 is 11.7 Å². The molecule has 0 N–H and O–H groups in total. The summed E-state index contributed by atoms with van der Waals surface area (Å²) in [4.78, 5) is 35.1. The summed E-state index contributed by atoms with van der Waals surface area (Å²) in [6, 6.07) is 42.4. The van der Waals surface area contributed by atoms with E-state index < -0.39 is 28.8 Å². The SMILES string of the molecule is O=C(CCCC[P+](c1ccccc1)(c1ccccc1)c1ccccc1)Oc1ccc(-c2ccc(C(=O)C(Cl)Cl)cc2)cc1[N+](=O)[O-]. The number of alkyl halides is 2. The number of nitro benzene ring substituents is 1. The number of halogens is 2. The van der Waals surface area contributed by atoms with E-state index >= 15 is 0 Å². The van der Waals surface area contributed by atoms with Gasteiger partial charge in [0.1, 0.15) is 23.2 Å². The molecule has 0 aliphatic carbocycles. The number of carbonyl (C=O) groups is 2. The zero-order valence-corrected chi connectivity index (χ0v) is 27.2. The molecule has 6 nitrogen and oxygen atoms in total. The van der Waals surface area contributed by atoms with E-state index in [1.807, 2.05) is 18.2 Å². The van der Waals surface area contributed by atoms with Crippen LogP contribution in [0.25, 0.3) is 11.1 Å². The predicted octanol–water partition coefficient (Wildman–Crippen LogP) is 8.32. The van der Waals surface area contributed by atoms with E-state index in [1.54, 1.807) is 30.3 Å². The van der Waals surface area contributed by atoms with E-state index in [0.29, 0.717) is 23.1 Å². The molecule has 0 unspecified atom stereocenters. The number of carbonyl (C=O) groups excluding carboxylic acids is 2. The van der Waals surface area contributed by atoms with Gasteiger partial charge in [0, 0.05) is 18.1 Å². The Morgan fingerprint density at radius 3 is 1.67 bits per heavy atom. The van der Waals surface area contributed by atoms with Gasteiger partial charge < -0.3 is 4.74 Å². The quantitative estimate of drug-likeness (QED) is 0.0184. The van der Waals surface area contributed by atoms with Crippen LogP contribution < -0.4 is 20.7 Å². The molecule has 0 bridgehead atoms. The number of hydrogen-bond acceptors (Lipinski definition) is 5. The van der Waals surface area contributed by atoms with Gasteiger partial charge in [0.25, 0.3) is 0 Å². The minimum Gasteiger partial charge on any atom is -0.419 e. The van der Waals surface area contributed by atoms with E-state index in [4.69, 9.17) is 27.9 Å². The molecule has 0 radical (unpaired) electrons. The van der Waals surface area contributed by atoms with Crippen LogP contribution in [0.15, 0.2) is 133 Å². The molecule has 0 atom stereocenters. The predicted molar refractivity (Wildman–Crippen MR) is 188 cm³/mol. The molecule has 0 amide bonds. The molecule has 46 heavy (non-hydrogen) atoms. The topological polar surface area (TPSA) is 86.5 Å². The zero-order chi connectivity index (χ0) is 32.5.